The molecule has 4 aliphatic carbocycles. The summed E-state index contributed by atoms with van der Waals surface area (Å²) in [6.45, 7) is 0.809. The van der Waals surface area contributed by atoms with Crippen molar-refractivity contribution in [3.05, 3.63) is 34.6 Å². The van der Waals surface area contributed by atoms with Crippen molar-refractivity contribution in [2.75, 3.05) is 6.54 Å². The number of nitrogens with zero attached hydrogens (tertiary/aromatic N) is 1. The van der Waals surface area contributed by atoms with Crippen LogP contribution in [0.4, 0.5) is 4.39 Å². The highest BCUT2D eigenvalue weighted by molar-refractivity contribution is 6.31. The first-order valence-corrected chi connectivity index (χ1v) is 10.3. The lowest BCUT2D eigenvalue weighted by Crippen LogP contribution is -2.62. The summed E-state index contributed by atoms with van der Waals surface area (Å²) >= 11 is 6.16. The lowest BCUT2D eigenvalue weighted by atomic mass is 9.52. The molecular formula is C21H25ClFNO2. The van der Waals surface area contributed by atoms with Gasteiger partial charge in [0.25, 0.3) is 0 Å². The van der Waals surface area contributed by atoms with Crippen molar-refractivity contribution in [3.63, 3.8) is 0 Å². The van der Waals surface area contributed by atoms with E-state index in [1.807, 2.05) is 0 Å². The summed E-state index contributed by atoms with van der Waals surface area (Å²) in [4.78, 5) is 15.3. The van der Waals surface area contributed by atoms with Crippen molar-refractivity contribution in [2.24, 2.45) is 23.7 Å². The highest BCUT2D eigenvalue weighted by atomic mass is 35.5. The van der Waals surface area contributed by atoms with Crippen molar-refractivity contribution >= 4 is 17.5 Å². The number of benzene rings is 1. The van der Waals surface area contributed by atoms with Crippen molar-refractivity contribution in [1.82, 2.24) is 4.90 Å². The molecular weight excluding hydrogens is 353 g/mol. The van der Waals surface area contributed by atoms with Gasteiger partial charge in [-0.25, -0.2) is 4.39 Å². The number of halogens is 2. The first-order valence-electron chi connectivity index (χ1n) is 9.89. The largest absolute Gasteiger partial charge is 0.390 e. The third-order valence-corrected chi connectivity index (χ3v) is 7.74. The Labute approximate surface area is 158 Å². The molecule has 0 aromatic heterocycles. The number of aliphatic hydroxyl groups is 1. The average molecular weight is 378 g/mol. The van der Waals surface area contributed by atoms with E-state index in [2.05, 4.69) is 4.90 Å². The molecule has 4 saturated carbocycles. The summed E-state index contributed by atoms with van der Waals surface area (Å²) in [5.74, 6) is 1.41. The van der Waals surface area contributed by atoms with Crippen molar-refractivity contribution in [1.29, 1.82) is 0 Å². The fraction of sp³-hybridized carbons (Fsp3) is 0.667. The molecule has 5 aliphatic rings. The van der Waals surface area contributed by atoms with Gasteiger partial charge in [-0.2, -0.15) is 0 Å². The molecule has 3 atom stereocenters. The number of carbonyl (C=O) groups excluding carboxylic acids is 1. The number of likely N-dealkylation sites (tertiary alicyclic amines) is 1. The number of hydrogen-bond acceptors (Lipinski definition) is 2. The van der Waals surface area contributed by atoms with Crippen LogP contribution < -0.4 is 0 Å². The lowest BCUT2D eigenvalue weighted by Gasteiger charge is -2.59. The van der Waals surface area contributed by atoms with E-state index in [0.29, 0.717) is 35.2 Å². The van der Waals surface area contributed by atoms with E-state index in [9.17, 15) is 14.3 Å². The molecule has 1 aromatic carbocycles. The lowest BCUT2D eigenvalue weighted by molar-refractivity contribution is -0.168. The van der Waals surface area contributed by atoms with E-state index in [4.69, 9.17) is 11.6 Å². The molecule has 3 nitrogen and oxygen atoms in total. The average Bonchev–Trinajstić information content (AvgIpc) is 2.89. The van der Waals surface area contributed by atoms with Gasteiger partial charge in [-0.15, -0.1) is 0 Å². The molecule has 0 spiro atoms. The third kappa shape index (κ3) is 2.68. The summed E-state index contributed by atoms with van der Waals surface area (Å²) in [6, 6.07) is 4.75. The van der Waals surface area contributed by atoms with Gasteiger partial charge in [0.1, 0.15) is 5.82 Å². The molecule has 6 rings (SSSR count). The molecule has 5 heteroatoms. The van der Waals surface area contributed by atoms with E-state index in [0.717, 1.165) is 37.8 Å². The second-order valence-electron chi connectivity index (χ2n) is 9.14. The summed E-state index contributed by atoms with van der Waals surface area (Å²) < 4.78 is 13.3. The van der Waals surface area contributed by atoms with Gasteiger partial charge >= 0.3 is 0 Å². The minimum absolute atomic E-state index is 0.0572. The third-order valence-electron chi connectivity index (χ3n) is 7.38. The molecule has 1 heterocycles. The SMILES string of the molecule is O=C1C(Cc2ccc(F)cc2Cl)CCN1C1C2CC3CC1CC(O)(C3)C2. The standard InChI is InChI=1S/C21H25ClFNO2/c22-18-8-17(23)2-1-13(18)7-14-3-4-24(20(14)25)19-15-5-12-6-16(19)11-21(26,9-12)10-15/h1-2,8,12,14-16,19,26H,3-7,9-11H2. The van der Waals surface area contributed by atoms with Crippen LogP contribution in [0, 0.1) is 29.5 Å². The quantitative estimate of drug-likeness (QED) is 0.870. The maximum absolute atomic E-state index is 13.3. The monoisotopic (exact) mass is 377 g/mol. The van der Waals surface area contributed by atoms with Crippen molar-refractivity contribution < 1.29 is 14.3 Å². The van der Waals surface area contributed by atoms with Crippen LogP contribution in [-0.4, -0.2) is 34.1 Å². The number of rotatable bonds is 3. The number of amides is 1. The zero-order valence-electron chi connectivity index (χ0n) is 14.8. The minimum Gasteiger partial charge on any atom is -0.390 e. The van der Waals surface area contributed by atoms with E-state index in [1.165, 1.54) is 25.0 Å². The Hall–Kier alpha value is -1.13. The summed E-state index contributed by atoms with van der Waals surface area (Å²) in [6.07, 6.45) is 6.46. The Morgan fingerprint density at radius 1 is 1.23 bits per heavy atom. The Morgan fingerprint density at radius 3 is 2.62 bits per heavy atom. The van der Waals surface area contributed by atoms with E-state index in [-0.39, 0.29) is 17.6 Å². The maximum atomic E-state index is 13.3. The molecule has 5 fully saturated rings. The van der Waals surface area contributed by atoms with Crippen LogP contribution in [0.25, 0.3) is 0 Å². The molecule has 1 amide bonds. The highest BCUT2D eigenvalue weighted by Gasteiger charge is 2.57. The van der Waals surface area contributed by atoms with Crippen LogP contribution in [0.15, 0.2) is 18.2 Å². The van der Waals surface area contributed by atoms with Gasteiger partial charge < -0.3 is 10.0 Å². The Kier molecular flexibility index (Phi) is 3.88. The van der Waals surface area contributed by atoms with Crippen LogP contribution >= 0.6 is 11.6 Å². The van der Waals surface area contributed by atoms with Gasteiger partial charge in [-0.1, -0.05) is 17.7 Å². The minimum atomic E-state index is -0.461. The topological polar surface area (TPSA) is 40.5 Å². The first kappa shape index (κ1) is 17.0. The normalized spacial score (nSPS) is 41.3. The Bertz CT molecular complexity index is 738. The molecule has 3 unspecified atom stereocenters. The predicted molar refractivity (Wildman–Crippen MR) is 97.2 cm³/mol. The van der Waals surface area contributed by atoms with Crippen LogP contribution in [0.5, 0.6) is 0 Å². The van der Waals surface area contributed by atoms with E-state index < -0.39 is 5.60 Å². The fourth-order valence-electron chi connectivity index (χ4n) is 6.66. The number of hydrogen-bond donors (Lipinski definition) is 1. The van der Waals surface area contributed by atoms with Crippen LogP contribution in [-0.2, 0) is 11.2 Å². The van der Waals surface area contributed by atoms with E-state index >= 15 is 0 Å². The summed E-state index contributed by atoms with van der Waals surface area (Å²) in [5, 5.41) is 11.2. The summed E-state index contributed by atoms with van der Waals surface area (Å²) in [5.41, 5.74) is 0.393. The molecule has 140 valence electrons. The zero-order valence-corrected chi connectivity index (χ0v) is 15.6. The Balaban J connectivity index is 1.32. The molecule has 1 aliphatic heterocycles. The smallest absolute Gasteiger partial charge is 0.226 e. The van der Waals surface area contributed by atoms with E-state index in [1.54, 1.807) is 6.07 Å². The zero-order chi connectivity index (χ0) is 18.1. The first-order chi connectivity index (χ1) is 12.4. The second-order valence-corrected chi connectivity index (χ2v) is 9.55. The summed E-state index contributed by atoms with van der Waals surface area (Å²) in [7, 11) is 0. The molecule has 1 N–H and O–H groups in total. The van der Waals surface area contributed by atoms with Gasteiger partial charge in [0, 0.05) is 23.5 Å². The van der Waals surface area contributed by atoms with Crippen LogP contribution in [0.3, 0.4) is 0 Å². The van der Waals surface area contributed by atoms with Gasteiger partial charge in [0.15, 0.2) is 0 Å². The predicted octanol–water partition coefficient (Wildman–Crippen LogP) is 3.81. The van der Waals surface area contributed by atoms with Gasteiger partial charge in [-0.3, -0.25) is 4.79 Å². The molecule has 1 aromatic rings. The molecule has 0 radical (unpaired) electrons. The highest BCUT2D eigenvalue weighted by Crippen LogP contribution is 2.57. The maximum Gasteiger partial charge on any atom is 0.226 e. The van der Waals surface area contributed by atoms with Crippen molar-refractivity contribution in [2.45, 2.75) is 56.6 Å². The van der Waals surface area contributed by atoms with Crippen LogP contribution in [0.1, 0.15) is 44.1 Å². The second kappa shape index (κ2) is 5.93. The van der Waals surface area contributed by atoms with Crippen molar-refractivity contribution in [3.8, 4) is 0 Å². The van der Waals surface area contributed by atoms with Gasteiger partial charge in [0.2, 0.25) is 5.91 Å². The van der Waals surface area contributed by atoms with Gasteiger partial charge in [-0.05, 0) is 80.4 Å². The molecule has 4 bridgehead atoms. The fourth-order valence-corrected chi connectivity index (χ4v) is 6.91. The molecule has 1 saturated heterocycles. The van der Waals surface area contributed by atoms with Gasteiger partial charge in [0.05, 0.1) is 5.60 Å². The Morgan fingerprint density at radius 2 is 1.96 bits per heavy atom. The van der Waals surface area contributed by atoms with Crippen LogP contribution in [0.2, 0.25) is 5.02 Å². The number of carbonyl (C=O) groups is 1. The molecule has 26 heavy (non-hydrogen) atoms.